The van der Waals surface area contributed by atoms with Crippen LogP contribution in [0.2, 0.25) is 0 Å². The van der Waals surface area contributed by atoms with Crippen molar-refractivity contribution >= 4 is 5.91 Å². The molecule has 0 fully saturated rings. The van der Waals surface area contributed by atoms with Gasteiger partial charge in [0, 0.05) is 13.2 Å². The molecule has 1 unspecified atom stereocenters. The lowest BCUT2D eigenvalue weighted by atomic mass is 9.87. The van der Waals surface area contributed by atoms with Crippen molar-refractivity contribution in [1.82, 2.24) is 5.32 Å². The minimum atomic E-state index is -0.398. The lowest BCUT2D eigenvalue weighted by Crippen LogP contribution is -2.34. The van der Waals surface area contributed by atoms with Gasteiger partial charge in [-0.05, 0) is 18.8 Å². The molecule has 15 heavy (non-hydrogen) atoms. The number of carbonyl (C=O) groups excluding carboxylic acids is 1. The largest absolute Gasteiger partial charge is 0.393 e. The van der Waals surface area contributed by atoms with Gasteiger partial charge in [-0.2, -0.15) is 0 Å². The van der Waals surface area contributed by atoms with Crippen LogP contribution in [0.25, 0.3) is 0 Å². The Hall–Kier alpha value is -0.610. The second-order valence-electron chi connectivity index (χ2n) is 4.66. The summed E-state index contributed by atoms with van der Waals surface area (Å²) in [5, 5.41) is 12.4. The summed E-state index contributed by atoms with van der Waals surface area (Å²) >= 11 is 0. The van der Waals surface area contributed by atoms with Gasteiger partial charge in [0.05, 0.1) is 6.10 Å². The van der Waals surface area contributed by atoms with Crippen LogP contribution in [0.1, 0.15) is 34.1 Å². The summed E-state index contributed by atoms with van der Waals surface area (Å²) in [4.78, 5) is 11.1. The van der Waals surface area contributed by atoms with Crippen molar-refractivity contribution in [3.8, 4) is 0 Å². The fraction of sp³-hybridized carbons (Fsp3) is 0.909. The second-order valence-corrected chi connectivity index (χ2v) is 4.66. The molecule has 1 amide bonds. The van der Waals surface area contributed by atoms with Gasteiger partial charge in [-0.15, -0.1) is 0 Å². The molecule has 4 nitrogen and oxygen atoms in total. The normalized spacial score (nSPS) is 13.7. The molecule has 0 radical (unpaired) electrons. The number of hydrogen-bond acceptors (Lipinski definition) is 3. The van der Waals surface area contributed by atoms with Gasteiger partial charge >= 0.3 is 0 Å². The number of rotatable bonds is 6. The standard InChI is InChI=1S/C11H23NO3/c1-5-15-8-10(14)12-7-6-9(13)11(2,3)4/h9,13H,5-8H2,1-4H3,(H,12,14). The van der Waals surface area contributed by atoms with E-state index in [9.17, 15) is 9.90 Å². The Morgan fingerprint density at radius 3 is 2.53 bits per heavy atom. The van der Waals surface area contributed by atoms with E-state index in [4.69, 9.17) is 4.74 Å². The van der Waals surface area contributed by atoms with E-state index in [-0.39, 0.29) is 17.9 Å². The maximum atomic E-state index is 11.1. The van der Waals surface area contributed by atoms with E-state index in [1.165, 1.54) is 0 Å². The third kappa shape index (κ3) is 7.33. The first-order valence-electron chi connectivity index (χ1n) is 5.40. The first-order valence-corrected chi connectivity index (χ1v) is 5.40. The van der Waals surface area contributed by atoms with Crippen molar-refractivity contribution in [2.45, 2.75) is 40.2 Å². The van der Waals surface area contributed by atoms with Crippen LogP contribution in [0.3, 0.4) is 0 Å². The van der Waals surface area contributed by atoms with E-state index in [0.717, 1.165) is 0 Å². The number of aliphatic hydroxyl groups excluding tert-OH is 1. The van der Waals surface area contributed by atoms with E-state index in [1.54, 1.807) is 0 Å². The third-order valence-electron chi connectivity index (χ3n) is 2.18. The van der Waals surface area contributed by atoms with Crippen molar-refractivity contribution in [2.75, 3.05) is 19.8 Å². The van der Waals surface area contributed by atoms with Gasteiger partial charge < -0.3 is 15.2 Å². The first kappa shape index (κ1) is 14.4. The zero-order valence-electron chi connectivity index (χ0n) is 10.2. The van der Waals surface area contributed by atoms with Gasteiger partial charge in [0.2, 0.25) is 5.91 Å². The minimum absolute atomic E-state index is 0.0993. The molecule has 0 aromatic carbocycles. The van der Waals surface area contributed by atoms with Crippen molar-refractivity contribution in [1.29, 1.82) is 0 Å². The smallest absolute Gasteiger partial charge is 0.245 e. The number of nitrogens with one attached hydrogen (secondary N) is 1. The van der Waals surface area contributed by atoms with Crippen molar-refractivity contribution in [3.05, 3.63) is 0 Å². The second kappa shape index (κ2) is 6.80. The first-order chi connectivity index (χ1) is 6.88. The Morgan fingerprint density at radius 2 is 2.07 bits per heavy atom. The van der Waals surface area contributed by atoms with E-state index < -0.39 is 6.10 Å². The molecule has 0 aliphatic rings. The van der Waals surface area contributed by atoms with E-state index in [2.05, 4.69) is 5.32 Å². The molecule has 0 aromatic heterocycles. The topological polar surface area (TPSA) is 58.6 Å². The fourth-order valence-electron chi connectivity index (χ4n) is 1.03. The molecule has 0 spiro atoms. The predicted molar refractivity (Wildman–Crippen MR) is 59.6 cm³/mol. The molecular formula is C11H23NO3. The molecule has 0 saturated heterocycles. The molecule has 0 bridgehead atoms. The molecule has 1 atom stereocenters. The van der Waals surface area contributed by atoms with Crippen molar-refractivity contribution in [2.24, 2.45) is 5.41 Å². The van der Waals surface area contributed by atoms with Crippen molar-refractivity contribution in [3.63, 3.8) is 0 Å². The van der Waals surface area contributed by atoms with Crippen LogP contribution in [0.4, 0.5) is 0 Å². The Balaban J connectivity index is 3.57. The van der Waals surface area contributed by atoms with Crippen LogP contribution in [-0.4, -0.2) is 36.9 Å². The van der Waals surface area contributed by atoms with Crippen molar-refractivity contribution < 1.29 is 14.6 Å². The van der Waals surface area contributed by atoms with E-state index >= 15 is 0 Å². The predicted octanol–water partition coefficient (Wildman–Crippen LogP) is 0.936. The van der Waals surface area contributed by atoms with Gasteiger partial charge in [0.15, 0.2) is 0 Å². The molecule has 0 aromatic rings. The number of aliphatic hydroxyl groups is 1. The fourth-order valence-corrected chi connectivity index (χ4v) is 1.03. The van der Waals surface area contributed by atoms with Gasteiger partial charge in [0.1, 0.15) is 6.61 Å². The zero-order chi connectivity index (χ0) is 11.9. The van der Waals surface area contributed by atoms with Gasteiger partial charge in [-0.25, -0.2) is 0 Å². The molecule has 0 rings (SSSR count). The van der Waals surface area contributed by atoms with E-state index in [1.807, 2.05) is 27.7 Å². The summed E-state index contributed by atoms with van der Waals surface area (Å²) in [6.45, 7) is 8.89. The van der Waals surface area contributed by atoms with Crippen LogP contribution >= 0.6 is 0 Å². The van der Waals surface area contributed by atoms with E-state index in [0.29, 0.717) is 19.6 Å². The molecule has 0 saturated carbocycles. The molecule has 2 N–H and O–H groups in total. The van der Waals surface area contributed by atoms with Crippen LogP contribution < -0.4 is 5.32 Å². The van der Waals surface area contributed by atoms with Crippen LogP contribution in [0.15, 0.2) is 0 Å². The Morgan fingerprint density at radius 1 is 1.47 bits per heavy atom. The number of ether oxygens (including phenoxy) is 1. The Bertz CT molecular complexity index is 187. The van der Waals surface area contributed by atoms with Gasteiger partial charge in [0.25, 0.3) is 0 Å². The lowest BCUT2D eigenvalue weighted by molar-refractivity contribution is -0.125. The molecular weight excluding hydrogens is 194 g/mol. The summed E-state index contributed by atoms with van der Waals surface area (Å²) < 4.78 is 4.95. The van der Waals surface area contributed by atoms with Crippen LogP contribution in [0.5, 0.6) is 0 Å². The molecule has 0 aliphatic heterocycles. The highest BCUT2D eigenvalue weighted by Gasteiger charge is 2.21. The van der Waals surface area contributed by atoms with Crippen LogP contribution in [0, 0.1) is 5.41 Å². The maximum absolute atomic E-state index is 11.1. The number of amides is 1. The summed E-state index contributed by atoms with van der Waals surface area (Å²) in [6, 6.07) is 0. The number of carbonyl (C=O) groups is 1. The average molecular weight is 217 g/mol. The summed E-state index contributed by atoms with van der Waals surface area (Å²) in [5.41, 5.74) is -0.134. The van der Waals surface area contributed by atoms with Gasteiger partial charge in [-0.1, -0.05) is 20.8 Å². The average Bonchev–Trinajstić information content (AvgIpc) is 2.13. The zero-order valence-corrected chi connectivity index (χ0v) is 10.2. The highest BCUT2D eigenvalue weighted by atomic mass is 16.5. The van der Waals surface area contributed by atoms with Gasteiger partial charge in [-0.3, -0.25) is 4.79 Å². The minimum Gasteiger partial charge on any atom is -0.393 e. The monoisotopic (exact) mass is 217 g/mol. The number of hydrogen-bond donors (Lipinski definition) is 2. The summed E-state index contributed by atoms with van der Waals surface area (Å²) in [6.07, 6.45) is 0.173. The molecule has 0 aliphatic carbocycles. The highest BCUT2D eigenvalue weighted by molar-refractivity contribution is 5.77. The Labute approximate surface area is 92.0 Å². The quantitative estimate of drug-likeness (QED) is 0.696. The highest BCUT2D eigenvalue weighted by Crippen LogP contribution is 2.20. The maximum Gasteiger partial charge on any atom is 0.245 e. The SMILES string of the molecule is CCOCC(=O)NCCC(O)C(C)(C)C. The molecule has 0 heterocycles. The molecule has 4 heteroatoms. The molecule has 90 valence electrons. The van der Waals surface area contributed by atoms with Crippen LogP contribution in [-0.2, 0) is 9.53 Å². The third-order valence-corrected chi connectivity index (χ3v) is 2.18. The lowest BCUT2D eigenvalue weighted by Gasteiger charge is -2.25. The summed E-state index contributed by atoms with van der Waals surface area (Å²) in [7, 11) is 0. The Kier molecular flexibility index (Phi) is 6.52. The summed E-state index contributed by atoms with van der Waals surface area (Å²) in [5.74, 6) is -0.127.